The number of carbonyl (C=O) groups excluding carboxylic acids is 1. The Morgan fingerprint density at radius 3 is 2.85 bits per heavy atom. The molecule has 0 saturated carbocycles. The molecule has 0 saturated heterocycles. The number of carbonyl (C=O) groups is 1. The number of aromatic nitrogens is 3. The van der Waals surface area contributed by atoms with Gasteiger partial charge < -0.3 is 4.74 Å². The van der Waals surface area contributed by atoms with Crippen LogP contribution in [0.25, 0.3) is 11.3 Å². The largest absolute Gasteiger partial charge is 0.478 e. The van der Waals surface area contributed by atoms with Gasteiger partial charge in [0, 0.05) is 17.8 Å². The standard InChI is InChI=1S/C13H15N5O2/c1-3-20-12-4-8(2)9(5-16-12)10-6-15-7-11(17-10)13(19)18-14/h4-7H,3,14H2,1-2H3,(H,18,19). The van der Waals surface area contributed by atoms with Crippen molar-refractivity contribution in [3.63, 3.8) is 0 Å². The summed E-state index contributed by atoms with van der Waals surface area (Å²) >= 11 is 0. The average Bonchev–Trinajstić information content (AvgIpc) is 2.47. The quantitative estimate of drug-likeness (QED) is 0.486. The minimum Gasteiger partial charge on any atom is -0.478 e. The minimum atomic E-state index is -0.490. The fourth-order valence-electron chi connectivity index (χ4n) is 1.70. The Labute approximate surface area is 116 Å². The summed E-state index contributed by atoms with van der Waals surface area (Å²) in [4.78, 5) is 23.8. The van der Waals surface area contributed by atoms with Crippen molar-refractivity contribution in [3.05, 3.63) is 35.9 Å². The Bertz CT molecular complexity index is 630. The average molecular weight is 273 g/mol. The molecule has 2 aromatic heterocycles. The topological polar surface area (TPSA) is 103 Å². The van der Waals surface area contributed by atoms with E-state index in [2.05, 4.69) is 15.0 Å². The number of nitrogen functional groups attached to an aromatic ring is 1. The summed E-state index contributed by atoms with van der Waals surface area (Å²) in [7, 11) is 0. The number of nitrogens with one attached hydrogen (secondary N) is 1. The summed E-state index contributed by atoms with van der Waals surface area (Å²) in [6, 6.07) is 1.82. The number of rotatable bonds is 4. The summed E-state index contributed by atoms with van der Waals surface area (Å²) in [5.41, 5.74) is 4.45. The minimum absolute atomic E-state index is 0.151. The number of amides is 1. The molecule has 20 heavy (non-hydrogen) atoms. The zero-order chi connectivity index (χ0) is 14.5. The van der Waals surface area contributed by atoms with E-state index in [0.717, 1.165) is 11.1 Å². The summed E-state index contributed by atoms with van der Waals surface area (Å²) in [5.74, 6) is 5.14. The second-order valence-electron chi connectivity index (χ2n) is 4.03. The molecule has 0 unspecified atom stereocenters. The maximum atomic E-state index is 11.4. The fourth-order valence-corrected chi connectivity index (χ4v) is 1.70. The van der Waals surface area contributed by atoms with Gasteiger partial charge in [-0.2, -0.15) is 0 Å². The molecule has 0 atom stereocenters. The van der Waals surface area contributed by atoms with Crippen LogP contribution in [-0.2, 0) is 0 Å². The van der Waals surface area contributed by atoms with Crippen molar-refractivity contribution < 1.29 is 9.53 Å². The van der Waals surface area contributed by atoms with Crippen molar-refractivity contribution in [2.45, 2.75) is 13.8 Å². The lowest BCUT2D eigenvalue weighted by molar-refractivity contribution is 0.0948. The first-order valence-corrected chi connectivity index (χ1v) is 6.08. The second kappa shape index (κ2) is 6.07. The van der Waals surface area contributed by atoms with Crippen LogP contribution >= 0.6 is 0 Å². The van der Waals surface area contributed by atoms with Crippen LogP contribution in [0, 0.1) is 6.92 Å². The maximum Gasteiger partial charge on any atom is 0.285 e. The molecule has 2 heterocycles. The van der Waals surface area contributed by atoms with Crippen LogP contribution in [0.3, 0.4) is 0 Å². The lowest BCUT2D eigenvalue weighted by Gasteiger charge is -2.08. The third-order valence-corrected chi connectivity index (χ3v) is 2.65. The predicted molar refractivity (Wildman–Crippen MR) is 72.8 cm³/mol. The van der Waals surface area contributed by atoms with Crippen molar-refractivity contribution in [3.8, 4) is 17.1 Å². The molecule has 104 valence electrons. The van der Waals surface area contributed by atoms with Gasteiger partial charge in [0.15, 0.2) is 0 Å². The molecular formula is C13H15N5O2. The molecule has 0 fully saturated rings. The molecule has 1 amide bonds. The highest BCUT2D eigenvalue weighted by Crippen LogP contribution is 2.23. The van der Waals surface area contributed by atoms with Crippen LogP contribution in [0.4, 0.5) is 0 Å². The van der Waals surface area contributed by atoms with Crippen LogP contribution in [0.2, 0.25) is 0 Å². The van der Waals surface area contributed by atoms with E-state index in [9.17, 15) is 4.79 Å². The van der Waals surface area contributed by atoms with Crippen LogP contribution in [0.1, 0.15) is 23.0 Å². The van der Waals surface area contributed by atoms with Gasteiger partial charge in [0.2, 0.25) is 5.88 Å². The molecule has 7 nitrogen and oxygen atoms in total. The van der Waals surface area contributed by atoms with Crippen molar-refractivity contribution in [2.24, 2.45) is 5.84 Å². The van der Waals surface area contributed by atoms with E-state index in [1.165, 1.54) is 6.20 Å². The highest BCUT2D eigenvalue weighted by molar-refractivity contribution is 5.92. The predicted octanol–water partition coefficient (Wildman–Crippen LogP) is 0.849. The molecule has 0 bridgehead atoms. The normalized spacial score (nSPS) is 10.2. The van der Waals surface area contributed by atoms with E-state index in [-0.39, 0.29) is 5.69 Å². The van der Waals surface area contributed by atoms with Crippen LogP contribution in [-0.4, -0.2) is 27.5 Å². The van der Waals surface area contributed by atoms with Gasteiger partial charge in [-0.1, -0.05) is 0 Å². The number of hydrogen-bond donors (Lipinski definition) is 2. The first-order chi connectivity index (χ1) is 9.65. The Morgan fingerprint density at radius 2 is 2.20 bits per heavy atom. The zero-order valence-corrected chi connectivity index (χ0v) is 11.3. The van der Waals surface area contributed by atoms with Crippen molar-refractivity contribution >= 4 is 5.91 Å². The van der Waals surface area contributed by atoms with Gasteiger partial charge in [0.1, 0.15) is 5.69 Å². The van der Waals surface area contributed by atoms with Gasteiger partial charge in [0.25, 0.3) is 5.91 Å². The zero-order valence-electron chi connectivity index (χ0n) is 11.3. The number of pyridine rings is 1. The smallest absolute Gasteiger partial charge is 0.285 e. The molecule has 2 rings (SSSR count). The van der Waals surface area contributed by atoms with Gasteiger partial charge in [-0.3, -0.25) is 15.2 Å². The summed E-state index contributed by atoms with van der Waals surface area (Å²) in [6.07, 6.45) is 4.56. The second-order valence-corrected chi connectivity index (χ2v) is 4.03. The Balaban J connectivity index is 2.38. The number of hydrogen-bond acceptors (Lipinski definition) is 6. The Morgan fingerprint density at radius 1 is 1.40 bits per heavy atom. The Kier molecular flexibility index (Phi) is 4.21. The maximum absolute atomic E-state index is 11.4. The molecule has 0 aliphatic rings. The van der Waals surface area contributed by atoms with E-state index in [4.69, 9.17) is 10.6 Å². The van der Waals surface area contributed by atoms with Gasteiger partial charge in [-0.15, -0.1) is 0 Å². The van der Waals surface area contributed by atoms with Crippen LogP contribution in [0.5, 0.6) is 5.88 Å². The Hall–Kier alpha value is -2.54. The fraction of sp³-hybridized carbons (Fsp3) is 0.231. The van der Waals surface area contributed by atoms with Crippen LogP contribution < -0.4 is 16.0 Å². The summed E-state index contributed by atoms with van der Waals surface area (Å²) in [5, 5.41) is 0. The summed E-state index contributed by atoms with van der Waals surface area (Å²) in [6.45, 7) is 4.36. The van der Waals surface area contributed by atoms with E-state index in [1.807, 2.05) is 25.3 Å². The van der Waals surface area contributed by atoms with Crippen LogP contribution in [0.15, 0.2) is 24.7 Å². The van der Waals surface area contributed by atoms with Gasteiger partial charge in [-0.05, 0) is 19.4 Å². The number of nitrogens with zero attached hydrogens (tertiary/aromatic N) is 3. The first kappa shape index (κ1) is 13.9. The van der Waals surface area contributed by atoms with Crippen molar-refractivity contribution in [1.29, 1.82) is 0 Å². The molecular weight excluding hydrogens is 258 g/mol. The number of hydrazine groups is 1. The molecule has 0 radical (unpaired) electrons. The number of aryl methyl sites for hydroxylation is 1. The van der Waals surface area contributed by atoms with Gasteiger partial charge in [-0.25, -0.2) is 15.8 Å². The molecule has 0 spiro atoms. The van der Waals surface area contributed by atoms with E-state index in [1.54, 1.807) is 12.4 Å². The van der Waals surface area contributed by atoms with E-state index in [0.29, 0.717) is 18.2 Å². The number of nitrogens with two attached hydrogens (primary N) is 1. The molecule has 2 aromatic rings. The molecule has 0 aliphatic heterocycles. The first-order valence-electron chi connectivity index (χ1n) is 6.08. The van der Waals surface area contributed by atoms with Gasteiger partial charge >= 0.3 is 0 Å². The SMILES string of the molecule is CCOc1cc(C)c(-c2cncc(C(=O)NN)n2)cn1. The van der Waals surface area contributed by atoms with Crippen molar-refractivity contribution in [1.82, 2.24) is 20.4 Å². The molecule has 0 aliphatic carbocycles. The molecule has 7 heteroatoms. The van der Waals surface area contributed by atoms with E-state index < -0.39 is 5.91 Å². The third kappa shape index (κ3) is 2.89. The lowest BCUT2D eigenvalue weighted by Crippen LogP contribution is -2.30. The third-order valence-electron chi connectivity index (χ3n) is 2.65. The highest BCUT2D eigenvalue weighted by atomic mass is 16.5. The van der Waals surface area contributed by atoms with E-state index >= 15 is 0 Å². The van der Waals surface area contributed by atoms with Crippen molar-refractivity contribution in [2.75, 3.05) is 6.61 Å². The monoisotopic (exact) mass is 273 g/mol. The lowest BCUT2D eigenvalue weighted by atomic mass is 10.1. The van der Waals surface area contributed by atoms with Gasteiger partial charge in [0.05, 0.1) is 24.7 Å². The summed E-state index contributed by atoms with van der Waals surface area (Å²) < 4.78 is 5.33. The molecule has 0 aromatic carbocycles. The molecule has 3 N–H and O–H groups in total. The number of ether oxygens (including phenoxy) is 1. The highest BCUT2D eigenvalue weighted by Gasteiger charge is 2.11.